The Labute approximate surface area is 136 Å². The summed E-state index contributed by atoms with van der Waals surface area (Å²) in [5.74, 6) is 0. The second-order valence-electron chi connectivity index (χ2n) is 4.15. The number of carbonyl (C=O) groups is 1. The van der Waals surface area contributed by atoms with Crippen LogP contribution in [0.4, 0.5) is 29.3 Å². The van der Waals surface area contributed by atoms with Gasteiger partial charge in [0.25, 0.3) is 0 Å². The molecule has 0 bridgehead atoms. The molecule has 2 rings (SSSR count). The highest BCUT2D eigenvalue weighted by molar-refractivity contribution is 9.10. The first-order chi connectivity index (χ1) is 10.3. The molecule has 0 spiro atoms. The summed E-state index contributed by atoms with van der Waals surface area (Å²) in [7, 11) is 0. The molecular formula is C13H8BrClF3N3O. The second-order valence-corrected chi connectivity index (χ2v) is 5.42. The molecule has 1 aromatic heterocycles. The predicted octanol–water partition coefficient (Wildman–Crippen LogP) is 5.16. The minimum atomic E-state index is -4.48. The molecule has 0 aliphatic rings. The number of alkyl halides is 3. The molecule has 0 saturated carbocycles. The second kappa shape index (κ2) is 6.53. The van der Waals surface area contributed by atoms with Crippen LogP contribution in [0.15, 0.2) is 41.0 Å². The molecule has 0 saturated heterocycles. The van der Waals surface area contributed by atoms with Crippen LogP contribution < -0.4 is 10.6 Å². The van der Waals surface area contributed by atoms with Crippen molar-refractivity contribution < 1.29 is 18.0 Å². The van der Waals surface area contributed by atoms with Crippen molar-refractivity contribution in [2.75, 3.05) is 10.6 Å². The first kappa shape index (κ1) is 16.6. The number of benzene rings is 1. The maximum atomic E-state index is 12.6. The number of halogens is 5. The van der Waals surface area contributed by atoms with Crippen molar-refractivity contribution in [3.8, 4) is 0 Å². The average molecular weight is 395 g/mol. The standard InChI is InChI=1S/C13H8BrClF3N3O/c14-8-5-10(11(15)19-6-8)21-12(22)20-9-3-1-2-7(4-9)13(16,17)18/h1-6H,(H2,20,21,22). The van der Waals surface area contributed by atoms with E-state index in [9.17, 15) is 18.0 Å². The van der Waals surface area contributed by atoms with Crippen LogP contribution in [0.2, 0.25) is 5.15 Å². The fourth-order valence-electron chi connectivity index (χ4n) is 1.57. The van der Waals surface area contributed by atoms with E-state index in [0.29, 0.717) is 4.47 Å². The van der Waals surface area contributed by atoms with Crippen molar-refractivity contribution in [3.63, 3.8) is 0 Å². The minimum absolute atomic E-state index is 0.00593. The molecule has 0 unspecified atom stereocenters. The van der Waals surface area contributed by atoms with E-state index in [4.69, 9.17) is 11.6 Å². The van der Waals surface area contributed by atoms with Gasteiger partial charge in [-0.15, -0.1) is 0 Å². The maximum Gasteiger partial charge on any atom is 0.416 e. The molecule has 0 fully saturated rings. The Morgan fingerprint density at radius 1 is 1.23 bits per heavy atom. The molecule has 0 aliphatic carbocycles. The first-order valence-electron chi connectivity index (χ1n) is 5.82. The Balaban J connectivity index is 2.11. The largest absolute Gasteiger partial charge is 0.416 e. The summed E-state index contributed by atoms with van der Waals surface area (Å²) >= 11 is 8.97. The Morgan fingerprint density at radius 3 is 2.64 bits per heavy atom. The molecule has 22 heavy (non-hydrogen) atoms. The monoisotopic (exact) mass is 393 g/mol. The molecule has 9 heteroatoms. The number of nitrogens with zero attached hydrogens (tertiary/aromatic N) is 1. The molecule has 2 N–H and O–H groups in total. The van der Waals surface area contributed by atoms with Crippen LogP contribution in [-0.4, -0.2) is 11.0 Å². The van der Waals surface area contributed by atoms with Crippen LogP contribution in [0.3, 0.4) is 0 Å². The third kappa shape index (κ3) is 4.35. The number of amides is 2. The van der Waals surface area contributed by atoms with Crippen LogP contribution in [0, 0.1) is 0 Å². The molecule has 2 amide bonds. The van der Waals surface area contributed by atoms with E-state index in [1.54, 1.807) is 0 Å². The number of hydrogen-bond acceptors (Lipinski definition) is 2. The quantitative estimate of drug-likeness (QED) is 0.691. The fourth-order valence-corrected chi connectivity index (χ4v) is 2.05. The maximum absolute atomic E-state index is 12.6. The molecule has 0 aliphatic heterocycles. The Kier molecular flexibility index (Phi) is 4.92. The van der Waals surface area contributed by atoms with E-state index in [-0.39, 0.29) is 16.5 Å². The number of urea groups is 1. The third-order valence-corrected chi connectivity index (χ3v) is 3.24. The summed E-state index contributed by atoms with van der Waals surface area (Å²) in [5.41, 5.74) is -0.626. The van der Waals surface area contributed by atoms with E-state index in [1.807, 2.05) is 0 Å². The van der Waals surface area contributed by atoms with Gasteiger partial charge in [-0.3, -0.25) is 0 Å². The van der Waals surface area contributed by atoms with Gasteiger partial charge >= 0.3 is 12.2 Å². The van der Waals surface area contributed by atoms with E-state index in [1.165, 1.54) is 24.4 Å². The van der Waals surface area contributed by atoms with Gasteiger partial charge in [0.15, 0.2) is 5.15 Å². The summed E-state index contributed by atoms with van der Waals surface area (Å²) in [5, 5.41) is 4.76. The molecule has 0 atom stereocenters. The molecule has 4 nitrogen and oxygen atoms in total. The Bertz CT molecular complexity index is 709. The van der Waals surface area contributed by atoms with Gasteiger partial charge in [-0.25, -0.2) is 9.78 Å². The van der Waals surface area contributed by atoms with Crippen molar-refractivity contribution in [2.24, 2.45) is 0 Å². The zero-order valence-electron chi connectivity index (χ0n) is 10.7. The molecule has 1 aromatic carbocycles. The van der Waals surface area contributed by atoms with Crippen LogP contribution in [0.5, 0.6) is 0 Å². The highest BCUT2D eigenvalue weighted by Crippen LogP contribution is 2.30. The zero-order chi connectivity index (χ0) is 16.3. The fraction of sp³-hybridized carbons (Fsp3) is 0.0769. The van der Waals surface area contributed by atoms with Gasteiger partial charge in [-0.05, 0) is 40.2 Å². The highest BCUT2D eigenvalue weighted by Gasteiger charge is 2.30. The minimum Gasteiger partial charge on any atom is -0.308 e. The SMILES string of the molecule is O=C(Nc1cccc(C(F)(F)F)c1)Nc1cc(Br)cnc1Cl. The first-order valence-corrected chi connectivity index (χ1v) is 6.99. The number of anilines is 2. The van der Waals surface area contributed by atoms with Gasteiger partial charge in [0, 0.05) is 16.4 Å². The summed E-state index contributed by atoms with van der Waals surface area (Å²) in [6.45, 7) is 0. The summed E-state index contributed by atoms with van der Waals surface area (Å²) in [6.07, 6.45) is -3.04. The lowest BCUT2D eigenvalue weighted by atomic mass is 10.2. The van der Waals surface area contributed by atoms with Gasteiger partial charge in [0.1, 0.15) is 0 Å². The number of rotatable bonds is 2. The average Bonchev–Trinajstić information content (AvgIpc) is 2.42. The topological polar surface area (TPSA) is 54.0 Å². The third-order valence-electron chi connectivity index (χ3n) is 2.50. The number of hydrogen-bond donors (Lipinski definition) is 2. The van der Waals surface area contributed by atoms with E-state index in [2.05, 4.69) is 31.5 Å². The van der Waals surface area contributed by atoms with Crippen molar-refractivity contribution in [1.29, 1.82) is 0 Å². The molecule has 2 aromatic rings. The Morgan fingerprint density at radius 2 is 1.95 bits per heavy atom. The lowest BCUT2D eigenvalue weighted by Gasteiger charge is -2.11. The highest BCUT2D eigenvalue weighted by atomic mass is 79.9. The Hall–Kier alpha value is -1.80. The van der Waals surface area contributed by atoms with Crippen LogP contribution >= 0.6 is 27.5 Å². The summed E-state index contributed by atoms with van der Waals surface area (Å²) in [6, 6.07) is 5.07. The van der Waals surface area contributed by atoms with Crippen molar-refractivity contribution >= 4 is 44.9 Å². The number of pyridine rings is 1. The predicted molar refractivity (Wildman–Crippen MR) is 81.0 cm³/mol. The number of carbonyl (C=O) groups excluding carboxylic acids is 1. The van der Waals surface area contributed by atoms with Crippen LogP contribution in [-0.2, 0) is 6.18 Å². The summed E-state index contributed by atoms with van der Waals surface area (Å²) in [4.78, 5) is 15.6. The van der Waals surface area contributed by atoms with Crippen molar-refractivity contribution in [2.45, 2.75) is 6.18 Å². The number of nitrogens with one attached hydrogen (secondary N) is 2. The van der Waals surface area contributed by atoms with Crippen LogP contribution in [0.1, 0.15) is 5.56 Å². The summed E-state index contributed by atoms with van der Waals surface area (Å²) < 4.78 is 38.4. The normalized spacial score (nSPS) is 11.1. The van der Waals surface area contributed by atoms with Gasteiger partial charge in [0.05, 0.1) is 11.3 Å². The van der Waals surface area contributed by atoms with Gasteiger partial charge in [-0.2, -0.15) is 13.2 Å². The molecule has 0 radical (unpaired) electrons. The number of aromatic nitrogens is 1. The van der Waals surface area contributed by atoms with Crippen molar-refractivity contribution in [3.05, 3.63) is 51.7 Å². The van der Waals surface area contributed by atoms with Gasteiger partial charge < -0.3 is 10.6 Å². The molecule has 1 heterocycles. The molecular weight excluding hydrogens is 387 g/mol. The van der Waals surface area contributed by atoms with Crippen molar-refractivity contribution in [1.82, 2.24) is 4.98 Å². The van der Waals surface area contributed by atoms with E-state index in [0.717, 1.165) is 12.1 Å². The van der Waals surface area contributed by atoms with Gasteiger partial charge in [0.2, 0.25) is 0 Å². The van der Waals surface area contributed by atoms with Gasteiger partial charge in [-0.1, -0.05) is 17.7 Å². The smallest absolute Gasteiger partial charge is 0.308 e. The lowest BCUT2D eigenvalue weighted by Crippen LogP contribution is -2.20. The van der Waals surface area contributed by atoms with E-state index < -0.39 is 17.8 Å². The van der Waals surface area contributed by atoms with E-state index >= 15 is 0 Å². The lowest BCUT2D eigenvalue weighted by molar-refractivity contribution is -0.137. The van der Waals surface area contributed by atoms with Crippen LogP contribution in [0.25, 0.3) is 0 Å². The zero-order valence-corrected chi connectivity index (χ0v) is 13.1. The molecule has 116 valence electrons.